The molecule has 1 atom stereocenters. The summed E-state index contributed by atoms with van der Waals surface area (Å²) in [4.78, 5) is 52.9. The van der Waals surface area contributed by atoms with Crippen molar-refractivity contribution in [2.45, 2.75) is 64.5 Å². The van der Waals surface area contributed by atoms with E-state index in [1.54, 1.807) is 13.1 Å². The molecule has 1 aromatic heterocycles. The van der Waals surface area contributed by atoms with Crippen molar-refractivity contribution in [2.75, 3.05) is 11.9 Å². The van der Waals surface area contributed by atoms with Crippen molar-refractivity contribution in [3.8, 4) is 0 Å². The number of unbranched alkanes of at least 4 members (excludes halogenated alkanes) is 3. The Morgan fingerprint density at radius 1 is 1.21 bits per heavy atom. The number of Topliss-reactive ketones (excluding diaryl/α,β-unsaturated/α-hetero) is 1. The van der Waals surface area contributed by atoms with Gasteiger partial charge in [-0.3, -0.25) is 24.7 Å². The summed E-state index contributed by atoms with van der Waals surface area (Å²) in [5.74, 6) is -0.692. The minimum Gasteiger partial charge on any atom is -0.384 e. The van der Waals surface area contributed by atoms with Crippen molar-refractivity contribution in [1.29, 1.82) is 0 Å². The lowest BCUT2D eigenvalue weighted by Gasteiger charge is -2.29. The van der Waals surface area contributed by atoms with Crippen LogP contribution < -0.4 is 10.6 Å². The molecule has 0 spiro atoms. The number of nitrogens with zero attached hydrogens (tertiary/aromatic N) is 2. The number of amides is 3. The predicted molar refractivity (Wildman–Crippen MR) is 103 cm³/mol. The summed E-state index contributed by atoms with van der Waals surface area (Å²) in [6.07, 6.45) is 8.41. The fraction of sp³-hybridized carbons (Fsp3) is 0.550. The maximum absolute atomic E-state index is 12.7. The molecule has 1 aromatic rings. The van der Waals surface area contributed by atoms with Gasteiger partial charge in [0, 0.05) is 37.7 Å². The van der Waals surface area contributed by atoms with Gasteiger partial charge >= 0.3 is 0 Å². The fourth-order valence-corrected chi connectivity index (χ4v) is 3.70. The highest BCUT2D eigenvalue weighted by molar-refractivity contribution is 6.05. The van der Waals surface area contributed by atoms with Crippen LogP contribution in [-0.2, 0) is 20.9 Å². The minimum atomic E-state index is -0.619. The predicted octanol–water partition coefficient (Wildman–Crippen LogP) is 1.79. The van der Waals surface area contributed by atoms with E-state index in [4.69, 9.17) is 0 Å². The number of carbonyl (C=O) groups is 4. The van der Waals surface area contributed by atoms with Crippen molar-refractivity contribution >= 4 is 29.2 Å². The van der Waals surface area contributed by atoms with E-state index in [9.17, 15) is 19.2 Å². The van der Waals surface area contributed by atoms with Crippen molar-refractivity contribution in [2.24, 2.45) is 0 Å². The number of imide groups is 1. The molecule has 2 N–H and O–H groups in total. The number of ketones is 1. The summed E-state index contributed by atoms with van der Waals surface area (Å²) < 4.78 is 0. The molecule has 0 aliphatic carbocycles. The summed E-state index contributed by atoms with van der Waals surface area (Å²) >= 11 is 0. The van der Waals surface area contributed by atoms with E-state index in [0.29, 0.717) is 24.9 Å². The number of rotatable bonds is 9. The highest BCUT2D eigenvalue weighted by Crippen LogP contribution is 2.31. The lowest BCUT2D eigenvalue weighted by atomic mass is 10.0. The lowest BCUT2D eigenvalue weighted by molar-refractivity contribution is -0.137. The molecule has 1 fully saturated rings. The van der Waals surface area contributed by atoms with Crippen LogP contribution in [0.25, 0.3) is 0 Å². The molecule has 1 unspecified atom stereocenters. The molecule has 28 heavy (non-hydrogen) atoms. The number of fused-ring (bicyclic) bond motifs is 1. The number of aromatic nitrogens is 1. The maximum Gasteiger partial charge on any atom is 0.256 e. The standard InChI is InChI=1S/C20H26N4O4/c1-13(25)6-4-2-3-5-9-22-16-11-21-10-14-15(16)12-24(20(14)28)17-7-8-18(26)23-19(17)27/h10-11,17,22H,2-9,12H2,1H3,(H,23,26,27). The summed E-state index contributed by atoms with van der Waals surface area (Å²) in [6.45, 7) is 2.71. The summed E-state index contributed by atoms with van der Waals surface area (Å²) in [5.41, 5.74) is 2.17. The fourth-order valence-electron chi connectivity index (χ4n) is 3.70. The maximum atomic E-state index is 12.7. The Kier molecular flexibility index (Phi) is 6.38. The molecule has 0 saturated carbocycles. The van der Waals surface area contributed by atoms with Crippen LogP contribution in [0.15, 0.2) is 12.4 Å². The lowest BCUT2D eigenvalue weighted by Crippen LogP contribution is -2.52. The second-order valence-corrected chi connectivity index (χ2v) is 7.41. The van der Waals surface area contributed by atoms with E-state index in [-0.39, 0.29) is 24.0 Å². The van der Waals surface area contributed by atoms with E-state index < -0.39 is 11.9 Å². The number of nitrogens with one attached hydrogen (secondary N) is 2. The summed E-state index contributed by atoms with van der Waals surface area (Å²) in [7, 11) is 0. The highest BCUT2D eigenvalue weighted by Gasteiger charge is 2.40. The van der Waals surface area contributed by atoms with Crippen LogP contribution in [0.1, 0.15) is 67.8 Å². The number of piperidine rings is 1. The summed E-state index contributed by atoms with van der Waals surface area (Å²) in [5, 5.41) is 5.65. The van der Waals surface area contributed by atoms with Crippen LogP contribution in [0.4, 0.5) is 5.69 Å². The number of hydrogen-bond donors (Lipinski definition) is 2. The number of pyridine rings is 1. The van der Waals surface area contributed by atoms with Crippen LogP contribution in [0.5, 0.6) is 0 Å². The minimum absolute atomic E-state index is 0.218. The Labute approximate surface area is 164 Å². The normalized spacial score (nSPS) is 18.8. The largest absolute Gasteiger partial charge is 0.384 e. The third-order valence-corrected chi connectivity index (χ3v) is 5.23. The van der Waals surface area contributed by atoms with Crippen LogP contribution in [0.3, 0.4) is 0 Å². The zero-order valence-electron chi connectivity index (χ0n) is 16.1. The van der Waals surface area contributed by atoms with Gasteiger partial charge < -0.3 is 15.0 Å². The smallest absolute Gasteiger partial charge is 0.256 e. The van der Waals surface area contributed by atoms with Crippen LogP contribution in [-0.4, -0.2) is 46.0 Å². The molecule has 0 radical (unpaired) electrons. The molecule has 3 amide bonds. The van der Waals surface area contributed by atoms with Gasteiger partial charge in [0.25, 0.3) is 5.91 Å². The average molecular weight is 386 g/mol. The third kappa shape index (κ3) is 4.55. The van der Waals surface area contributed by atoms with Gasteiger partial charge in [0.05, 0.1) is 17.4 Å². The van der Waals surface area contributed by atoms with E-state index in [0.717, 1.165) is 43.5 Å². The Morgan fingerprint density at radius 2 is 2.00 bits per heavy atom. The van der Waals surface area contributed by atoms with Gasteiger partial charge in [0.15, 0.2) is 0 Å². The highest BCUT2D eigenvalue weighted by atomic mass is 16.2. The Balaban J connectivity index is 1.56. The second kappa shape index (κ2) is 8.95. The van der Waals surface area contributed by atoms with Gasteiger partial charge in [-0.2, -0.15) is 0 Å². The van der Waals surface area contributed by atoms with E-state index in [2.05, 4.69) is 15.6 Å². The first kappa shape index (κ1) is 20.0. The summed E-state index contributed by atoms with van der Waals surface area (Å²) in [6, 6.07) is -0.619. The van der Waals surface area contributed by atoms with Crippen molar-refractivity contribution in [3.05, 3.63) is 23.5 Å². The zero-order valence-corrected chi connectivity index (χ0v) is 16.1. The SMILES string of the molecule is CC(=O)CCCCCCNc1cncc2c1CN(C1CCC(=O)NC1=O)C2=O. The van der Waals surface area contributed by atoms with Gasteiger partial charge in [-0.15, -0.1) is 0 Å². The van der Waals surface area contributed by atoms with E-state index in [1.807, 2.05) is 0 Å². The monoisotopic (exact) mass is 386 g/mol. The van der Waals surface area contributed by atoms with Gasteiger partial charge in [0.2, 0.25) is 11.8 Å². The molecular weight excluding hydrogens is 360 g/mol. The molecule has 2 aliphatic heterocycles. The Hall–Kier alpha value is -2.77. The first-order valence-electron chi connectivity index (χ1n) is 9.82. The van der Waals surface area contributed by atoms with Gasteiger partial charge in [0.1, 0.15) is 11.8 Å². The topological polar surface area (TPSA) is 108 Å². The molecule has 3 rings (SSSR count). The van der Waals surface area contributed by atoms with E-state index in [1.165, 1.54) is 11.1 Å². The number of anilines is 1. The molecule has 8 nitrogen and oxygen atoms in total. The Morgan fingerprint density at radius 3 is 2.75 bits per heavy atom. The molecule has 150 valence electrons. The molecule has 2 aliphatic rings. The second-order valence-electron chi connectivity index (χ2n) is 7.41. The first-order valence-corrected chi connectivity index (χ1v) is 9.82. The van der Waals surface area contributed by atoms with Crippen LogP contribution >= 0.6 is 0 Å². The van der Waals surface area contributed by atoms with Crippen molar-refractivity contribution in [1.82, 2.24) is 15.2 Å². The van der Waals surface area contributed by atoms with Crippen molar-refractivity contribution < 1.29 is 19.2 Å². The molecule has 3 heterocycles. The number of carbonyl (C=O) groups excluding carboxylic acids is 4. The Bertz CT molecular complexity index is 792. The van der Waals surface area contributed by atoms with Gasteiger partial charge in [-0.1, -0.05) is 12.8 Å². The quantitative estimate of drug-likeness (QED) is 0.495. The van der Waals surface area contributed by atoms with Gasteiger partial charge in [-0.25, -0.2) is 0 Å². The average Bonchev–Trinajstić information content (AvgIpc) is 2.98. The molecular formula is C20H26N4O4. The molecule has 8 heteroatoms. The van der Waals surface area contributed by atoms with E-state index >= 15 is 0 Å². The molecule has 0 bridgehead atoms. The molecule has 1 saturated heterocycles. The first-order chi connectivity index (χ1) is 13.5. The van der Waals surface area contributed by atoms with Crippen LogP contribution in [0, 0.1) is 0 Å². The third-order valence-electron chi connectivity index (χ3n) is 5.23. The van der Waals surface area contributed by atoms with Gasteiger partial charge in [-0.05, 0) is 26.2 Å². The number of hydrogen-bond acceptors (Lipinski definition) is 6. The van der Waals surface area contributed by atoms with Crippen LogP contribution in [0.2, 0.25) is 0 Å². The zero-order chi connectivity index (χ0) is 20.1. The van der Waals surface area contributed by atoms with Crippen molar-refractivity contribution in [3.63, 3.8) is 0 Å². The molecule has 0 aromatic carbocycles.